The molecule has 184 valence electrons. The lowest BCUT2D eigenvalue weighted by Gasteiger charge is -2.13. The average Bonchev–Trinajstić information content (AvgIpc) is 3.17. The maximum Gasteiger partial charge on any atom is 0.328 e. The standard InChI is InChI=1S/C25H19BrCl2N4O4/c1-2-36-20-6-4-18(5-7-20)29-24(34)25(35)31-32-21-8-3-15(26)9-14(21)10-22(32)23(33)30-19-12-16(27)11-17(28)13-19/h3-13H,2H2,1H3,(H,29,34)(H,30,33)(H,31,35). The van der Waals surface area contributed by atoms with Crippen molar-refractivity contribution in [2.45, 2.75) is 6.92 Å². The van der Waals surface area contributed by atoms with Gasteiger partial charge in [0.05, 0.1) is 12.1 Å². The van der Waals surface area contributed by atoms with E-state index in [2.05, 4.69) is 32.0 Å². The van der Waals surface area contributed by atoms with Gasteiger partial charge in [-0.2, -0.15) is 0 Å². The van der Waals surface area contributed by atoms with Crippen molar-refractivity contribution in [2.24, 2.45) is 0 Å². The molecule has 1 heterocycles. The first-order valence-electron chi connectivity index (χ1n) is 10.7. The summed E-state index contributed by atoms with van der Waals surface area (Å²) < 4.78 is 7.40. The van der Waals surface area contributed by atoms with Crippen LogP contribution in [0.5, 0.6) is 5.75 Å². The van der Waals surface area contributed by atoms with Gasteiger partial charge in [-0.1, -0.05) is 39.1 Å². The van der Waals surface area contributed by atoms with Gasteiger partial charge in [0.15, 0.2) is 0 Å². The number of rotatable bonds is 6. The van der Waals surface area contributed by atoms with Crippen molar-refractivity contribution in [3.8, 4) is 5.75 Å². The highest BCUT2D eigenvalue weighted by Crippen LogP contribution is 2.26. The van der Waals surface area contributed by atoms with E-state index in [1.807, 2.05) is 6.92 Å². The molecule has 0 aliphatic heterocycles. The van der Waals surface area contributed by atoms with Crippen LogP contribution in [0.4, 0.5) is 11.4 Å². The Hall–Kier alpha value is -3.53. The summed E-state index contributed by atoms with van der Waals surface area (Å²) in [4.78, 5) is 38.5. The van der Waals surface area contributed by atoms with Gasteiger partial charge in [0.2, 0.25) is 0 Å². The molecule has 3 N–H and O–H groups in total. The molecule has 0 saturated carbocycles. The Labute approximate surface area is 224 Å². The van der Waals surface area contributed by atoms with Crippen molar-refractivity contribution in [3.05, 3.63) is 86.9 Å². The smallest absolute Gasteiger partial charge is 0.328 e. The van der Waals surface area contributed by atoms with Crippen molar-refractivity contribution >= 4 is 79.1 Å². The molecule has 0 aliphatic rings. The maximum absolute atomic E-state index is 13.1. The van der Waals surface area contributed by atoms with Crippen LogP contribution < -0.4 is 20.8 Å². The second kappa shape index (κ2) is 11.0. The first-order chi connectivity index (χ1) is 17.2. The van der Waals surface area contributed by atoms with Gasteiger partial charge >= 0.3 is 11.8 Å². The molecule has 0 bridgehead atoms. The number of carbonyl (C=O) groups excluding carboxylic acids is 3. The van der Waals surface area contributed by atoms with Gasteiger partial charge in [-0.3, -0.25) is 19.8 Å². The zero-order valence-electron chi connectivity index (χ0n) is 18.8. The Bertz CT molecular complexity index is 1450. The van der Waals surface area contributed by atoms with Crippen LogP contribution in [0.2, 0.25) is 10.0 Å². The van der Waals surface area contributed by atoms with Gasteiger partial charge in [-0.25, -0.2) is 4.68 Å². The average molecular weight is 590 g/mol. The molecule has 0 unspecified atom stereocenters. The van der Waals surface area contributed by atoms with E-state index in [9.17, 15) is 14.4 Å². The van der Waals surface area contributed by atoms with E-state index in [-0.39, 0.29) is 5.69 Å². The third-order valence-electron chi connectivity index (χ3n) is 4.96. The number of nitrogens with zero attached hydrogens (tertiary/aromatic N) is 1. The Morgan fingerprint density at radius 1 is 0.861 bits per heavy atom. The van der Waals surface area contributed by atoms with Crippen LogP contribution in [-0.4, -0.2) is 29.0 Å². The second-order valence-electron chi connectivity index (χ2n) is 7.53. The minimum absolute atomic E-state index is 0.0846. The summed E-state index contributed by atoms with van der Waals surface area (Å²) in [5.74, 6) is -1.79. The minimum Gasteiger partial charge on any atom is -0.494 e. The van der Waals surface area contributed by atoms with Gasteiger partial charge in [-0.15, -0.1) is 0 Å². The number of hydrogen-bond donors (Lipinski definition) is 3. The van der Waals surface area contributed by atoms with E-state index >= 15 is 0 Å². The van der Waals surface area contributed by atoms with Crippen LogP contribution in [-0.2, 0) is 9.59 Å². The predicted molar refractivity (Wildman–Crippen MR) is 145 cm³/mol. The van der Waals surface area contributed by atoms with Crippen LogP contribution in [0.25, 0.3) is 10.9 Å². The molecule has 8 nitrogen and oxygen atoms in total. The van der Waals surface area contributed by atoms with Gasteiger partial charge in [0.1, 0.15) is 11.4 Å². The normalized spacial score (nSPS) is 10.7. The highest BCUT2D eigenvalue weighted by Gasteiger charge is 2.21. The molecule has 0 radical (unpaired) electrons. The molecule has 36 heavy (non-hydrogen) atoms. The number of ether oxygens (including phenoxy) is 1. The number of anilines is 2. The van der Waals surface area contributed by atoms with E-state index in [0.29, 0.717) is 44.7 Å². The summed E-state index contributed by atoms with van der Waals surface area (Å²) in [6.45, 7) is 2.37. The van der Waals surface area contributed by atoms with Gasteiger partial charge in [-0.05, 0) is 73.7 Å². The minimum atomic E-state index is -0.968. The molecule has 0 atom stereocenters. The Morgan fingerprint density at radius 2 is 1.56 bits per heavy atom. The van der Waals surface area contributed by atoms with E-state index in [1.54, 1.807) is 48.5 Å². The fourth-order valence-electron chi connectivity index (χ4n) is 3.44. The van der Waals surface area contributed by atoms with Gasteiger partial charge in [0.25, 0.3) is 5.91 Å². The van der Waals surface area contributed by atoms with Crippen LogP contribution in [0.1, 0.15) is 17.4 Å². The first-order valence-corrected chi connectivity index (χ1v) is 12.2. The number of halogens is 3. The summed E-state index contributed by atoms with van der Waals surface area (Å²) in [6.07, 6.45) is 0. The predicted octanol–water partition coefficient (Wildman–Crippen LogP) is 6.07. The molecular weight excluding hydrogens is 571 g/mol. The summed E-state index contributed by atoms with van der Waals surface area (Å²) in [7, 11) is 0. The molecule has 0 aliphatic carbocycles. The fraction of sp³-hybridized carbons (Fsp3) is 0.0800. The third kappa shape index (κ3) is 5.99. The first kappa shape index (κ1) is 25.6. The number of hydrogen-bond acceptors (Lipinski definition) is 4. The summed E-state index contributed by atoms with van der Waals surface area (Å²) in [5, 5.41) is 6.59. The van der Waals surface area contributed by atoms with Crippen molar-refractivity contribution < 1.29 is 19.1 Å². The van der Waals surface area contributed by atoms with Crippen LogP contribution >= 0.6 is 39.1 Å². The SMILES string of the molecule is CCOc1ccc(NC(=O)C(=O)Nn2c(C(=O)Nc3cc(Cl)cc(Cl)c3)cc3cc(Br)ccc32)cc1. The van der Waals surface area contributed by atoms with Crippen LogP contribution in [0.3, 0.4) is 0 Å². The van der Waals surface area contributed by atoms with Crippen molar-refractivity contribution in [2.75, 3.05) is 22.7 Å². The summed E-state index contributed by atoms with van der Waals surface area (Å²) in [6, 6.07) is 18.0. The topological polar surface area (TPSA) is 101 Å². The molecule has 3 amide bonds. The van der Waals surface area contributed by atoms with Crippen molar-refractivity contribution in [1.82, 2.24) is 4.68 Å². The summed E-state index contributed by atoms with van der Waals surface area (Å²) in [5.41, 5.74) is 3.88. The molecule has 0 saturated heterocycles. The number of fused-ring (bicyclic) bond motifs is 1. The number of nitrogens with one attached hydrogen (secondary N) is 3. The number of amides is 3. The van der Waals surface area contributed by atoms with Crippen LogP contribution in [0, 0.1) is 0 Å². The third-order valence-corrected chi connectivity index (χ3v) is 5.89. The molecule has 1 aromatic heterocycles. The maximum atomic E-state index is 13.1. The lowest BCUT2D eigenvalue weighted by molar-refractivity contribution is -0.133. The molecule has 3 aromatic carbocycles. The lowest BCUT2D eigenvalue weighted by Crippen LogP contribution is -2.36. The van der Waals surface area contributed by atoms with E-state index in [0.717, 1.165) is 4.47 Å². The number of aromatic nitrogens is 1. The Kier molecular flexibility index (Phi) is 7.83. The highest BCUT2D eigenvalue weighted by molar-refractivity contribution is 9.10. The number of benzene rings is 3. The molecular formula is C25H19BrCl2N4O4. The highest BCUT2D eigenvalue weighted by atomic mass is 79.9. The Morgan fingerprint density at radius 3 is 2.22 bits per heavy atom. The Balaban J connectivity index is 1.58. The lowest BCUT2D eigenvalue weighted by atomic mass is 10.2. The molecule has 0 spiro atoms. The summed E-state index contributed by atoms with van der Waals surface area (Å²) >= 11 is 15.5. The van der Waals surface area contributed by atoms with Gasteiger partial charge < -0.3 is 15.4 Å². The molecule has 11 heteroatoms. The van der Waals surface area contributed by atoms with Crippen LogP contribution in [0.15, 0.2) is 71.2 Å². The van der Waals surface area contributed by atoms with E-state index < -0.39 is 17.7 Å². The van der Waals surface area contributed by atoms with E-state index in [4.69, 9.17) is 27.9 Å². The zero-order chi connectivity index (χ0) is 25.8. The largest absolute Gasteiger partial charge is 0.494 e. The second-order valence-corrected chi connectivity index (χ2v) is 9.32. The number of carbonyl (C=O) groups is 3. The fourth-order valence-corrected chi connectivity index (χ4v) is 4.34. The molecule has 4 aromatic rings. The van der Waals surface area contributed by atoms with E-state index in [1.165, 1.54) is 22.9 Å². The van der Waals surface area contributed by atoms with Gasteiger partial charge in [0, 0.05) is 31.3 Å². The van der Waals surface area contributed by atoms with Crippen molar-refractivity contribution in [3.63, 3.8) is 0 Å². The quantitative estimate of drug-likeness (QED) is 0.238. The monoisotopic (exact) mass is 588 g/mol. The zero-order valence-corrected chi connectivity index (χ0v) is 21.9. The molecule has 0 fully saturated rings. The molecule has 4 rings (SSSR count). The van der Waals surface area contributed by atoms with Crippen molar-refractivity contribution in [1.29, 1.82) is 0 Å².